The smallest absolute Gasteiger partial charge is 0.266 e. The summed E-state index contributed by atoms with van der Waals surface area (Å²) in [6.45, 7) is 7.39. The van der Waals surface area contributed by atoms with E-state index in [9.17, 15) is 9.59 Å². The number of likely N-dealkylation sites (N-methyl/N-ethyl adjacent to an activating group) is 1. The average molecular weight is 480 g/mol. The van der Waals surface area contributed by atoms with Crippen molar-refractivity contribution in [1.29, 1.82) is 0 Å². The van der Waals surface area contributed by atoms with Crippen molar-refractivity contribution < 1.29 is 19.1 Å². The summed E-state index contributed by atoms with van der Waals surface area (Å²) in [5, 5.41) is 0.599. The number of morpholine rings is 1. The van der Waals surface area contributed by atoms with Crippen LogP contribution >= 0.6 is 11.8 Å². The number of amides is 2. The second-order valence-corrected chi connectivity index (χ2v) is 8.90. The first-order valence-electron chi connectivity index (χ1n) is 11.6. The Bertz CT molecular complexity index is 1110. The van der Waals surface area contributed by atoms with Crippen LogP contribution in [0.4, 0.5) is 5.69 Å². The second-order valence-electron chi connectivity index (χ2n) is 7.90. The molecule has 8 heteroatoms. The Morgan fingerprint density at radius 3 is 2.71 bits per heavy atom. The quantitative estimate of drug-likeness (QED) is 0.544. The molecule has 178 valence electrons. The molecule has 2 aliphatic heterocycles. The van der Waals surface area contributed by atoms with E-state index in [2.05, 4.69) is 6.92 Å². The molecule has 0 spiro atoms. The van der Waals surface area contributed by atoms with Gasteiger partial charge in [0.05, 0.1) is 30.4 Å². The number of carbonyl (C=O) groups is 2. The average Bonchev–Trinajstić information content (AvgIpc) is 3.17. The first-order chi connectivity index (χ1) is 16.6. The Morgan fingerprint density at radius 1 is 1.15 bits per heavy atom. The molecule has 7 nitrogen and oxygen atoms in total. The Hall–Kier alpha value is -3.10. The van der Waals surface area contributed by atoms with Gasteiger partial charge in [-0.15, -0.1) is 0 Å². The van der Waals surface area contributed by atoms with Crippen LogP contribution in [0.25, 0.3) is 6.08 Å². The fraction of sp³-hybridized carbons (Fsp3) is 0.346. The van der Waals surface area contributed by atoms with Crippen LogP contribution < -0.4 is 4.74 Å². The van der Waals surface area contributed by atoms with Gasteiger partial charge in [0.15, 0.2) is 5.17 Å². The maximum Gasteiger partial charge on any atom is 0.266 e. The van der Waals surface area contributed by atoms with Crippen molar-refractivity contribution in [2.75, 3.05) is 39.5 Å². The van der Waals surface area contributed by atoms with Gasteiger partial charge in [0.25, 0.3) is 11.8 Å². The van der Waals surface area contributed by atoms with E-state index >= 15 is 0 Å². The van der Waals surface area contributed by atoms with Crippen LogP contribution in [0, 0.1) is 0 Å². The lowest BCUT2D eigenvalue weighted by atomic mass is 10.1. The van der Waals surface area contributed by atoms with E-state index in [-0.39, 0.29) is 11.8 Å². The van der Waals surface area contributed by atoms with E-state index in [0.717, 1.165) is 17.7 Å². The van der Waals surface area contributed by atoms with Gasteiger partial charge in [-0.3, -0.25) is 14.5 Å². The third kappa shape index (κ3) is 5.51. The molecule has 0 radical (unpaired) electrons. The van der Waals surface area contributed by atoms with Gasteiger partial charge in [-0.1, -0.05) is 31.2 Å². The van der Waals surface area contributed by atoms with E-state index in [0.29, 0.717) is 60.8 Å². The van der Waals surface area contributed by atoms with Crippen molar-refractivity contribution in [3.8, 4) is 5.75 Å². The minimum atomic E-state index is -0.0860. The first-order valence-corrected chi connectivity index (χ1v) is 12.4. The van der Waals surface area contributed by atoms with Crippen LogP contribution in [0.15, 0.2) is 58.4 Å². The molecule has 2 aliphatic rings. The van der Waals surface area contributed by atoms with Gasteiger partial charge in [-0.25, -0.2) is 4.99 Å². The van der Waals surface area contributed by atoms with Crippen molar-refractivity contribution in [3.63, 3.8) is 0 Å². The molecule has 2 amide bonds. The van der Waals surface area contributed by atoms with Crippen LogP contribution in [0.3, 0.4) is 0 Å². The zero-order valence-corrected chi connectivity index (χ0v) is 20.3. The maximum absolute atomic E-state index is 13.1. The first kappa shape index (κ1) is 24.0. The van der Waals surface area contributed by atoms with E-state index in [1.165, 1.54) is 11.8 Å². The highest BCUT2D eigenvalue weighted by atomic mass is 32.2. The summed E-state index contributed by atoms with van der Waals surface area (Å²) in [4.78, 5) is 34.7. The van der Waals surface area contributed by atoms with E-state index < -0.39 is 0 Å². The predicted octanol–water partition coefficient (Wildman–Crippen LogP) is 4.57. The summed E-state index contributed by atoms with van der Waals surface area (Å²) in [6, 6.07) is 14.9. The minimum Gasteiger partial charge on any atom is -0.493 e. The van der Waals surface area contributed by atoms with E-state index in [1.54, 1.807) is 21.9 Å². The summed E-state index contributed by atoms with van der Waals surface area (Å²) in [5.41, 5.74) is 2.09. The molecule has 2 aromatic rings. The van der Waals surface area contributed by atoms with Crippen LogP contribution in [0.1, 0.15) is 36.2 Å². The van der Waals surface area contributed by atoms with Crippen molar-refractivity contribution in [1.82, 2.24) is 9.80 Å². The lowest BCUT2D eigenvalue weighted by Crippen LogP contribution is -2.40. The van der Waals surface area contributed by atoms with Gasteiger partial charge in [-0.2, -0.15) is 0 Å². The van der Waals surface area contributed by atoms with E-state index in [1.807, 2.05) is 49.4 Å². The van der Waals surface area contributed by atoms with Gasteiger partial charge >= 0.3 is 0 Å². The molecule has 34 heavy (non-hydrogen) atoms. The monoisotopic (exact) mass is 479 g/mol. The Morgan fingerprint density at radius 2 is 1.94 bits per heavy atom. The predicted molar refractivity (Wildman–Crippen MR) is 135 cm³/mol. The van der Waals surface area contributed by atoms with Crippen molar-refractivity contribution >= 4 is 40.5 Å². The largest absolute Gasteiger partial charge is 0.493 e. The lowest BCUT2D eigenvalue weighted by Gasteiger charge is -2.26. The van der Waals surface area contributed by atoms with Crippen molar-refractivity contribution in [2.45, 2.75) is 20.3 Å². The van der Waals surface area contributed by atoms with Crippen LogP contribution in [-0.4, -0.2) is 66.2 Å². The molecular formula is C26H29N3O4S. The zero-order valence-electron chi connectivity index (χ0n) is 19.5. The maximum atomic E-state index is 13.1. The minimum absolute atomic E-state index is 0.0304. The van der Waals surface area contributed by atoms with Crippen molar-refractivity contribution in [3.05, 3.63) is 64.6 Å². The summed E-state index contributed by atoms with van der Waals surface area (Å²) >= 11 is 1.34. The molecule has 4 rings (SSSR count). The molecule has 0 N–H and O–H groups in total. The highest BCUT2D eigenvalue weighted by molar-refractivity contribution is 8.18. The van der Waals surface area contributed by atoms with Gasteiger partial charge < -0.3 is 14.4 Å². The lowest BCUT2D eigenvalue weighted by molar-refractivity contribution is -0.122. The zero-order chi connectivity index (χ0) is 23.9. The summed E-state index contributed by atoms with van der Waals surface area (Å²) in [6.07, 6.45) is 2.77. The van der Waals surface area contributed by atoms with Gasteiger partial charge in [0, 0.05) is 30.8 Å². The fourth-order valence-corrected chi connectivity index (χ4v) is 4.78. The number of rotatable bonds is 7. The van der Waals surface area contributed by atoms with Gasteiger partial charge in [0.1, 0.15) is 5.75 Å². The molecule has 0 bridgehead atoms. The Kier molecular flexibility index (Phi) is 8.03. The number of ether oxygens (including phenoxy) is 2. The third-order valence-corrected chi connectivity index (χ3v) is 6.49. The molecule has 0 aliphatic carbocycles. The number of thioether (sulfide) groups is 1. The standard InChI is InChI=1S/C26H29N3O4S/c1-3-14-33-22-11-6-5-8-19(22)18-23-25(31)29(4-2)26(34-23)27-21-10-7-9-20(17-21)24(30)28-12-15-32-16-13-28/h5-11,17-18H,3-4,12-16H2,1-2H3/b23-18+,27-26?. The van der Waals surface area contributed by atoms with Gasteiger partial charge in [-0.05, 0) is 55.4 Å². The number of carbonyl (C=O) groups excluding carboxylic acids is 2. The van der Waals surface area contributed by atoms with Crippen LogP contribution in [-0.2, 0) is 9.53 Å². The number of aliphatic imine (C=N–C) groups is 1. The molecular weight excluding hydrogens is 450 g/mol. The highest BCUT2D eigenvalue weighted by Gasteiger charge is 2.32. The summed E-state index contributed by atoms with van der Waals surface area (Å²) < 4.78 is 11.2. The van der Waals surface area contributed by atoms with Crippen LogP contribution in [0.5, 0.6) is 5.75 Å². The molecule has 2 heterocycles. The Balaban J connectivity index is 1.58. The molecule has 2 aromatic carbocycles. The summed E-state index contributed by atoms with van der Waals surface area (Å²) in [5.74, 6) is 0.641. The normalized spacial score (nSPS) is 18.7. The molecule has 2 fully saturated rings. The molecule has 0 aromatic heterocycles. The number of hydrogen-bond acceptors (Lipinski definition) is 6. The van der Waals surface area contributed by atoms with E-state index in [4.69, 9.17) is 14.5 Å². The molecule has 0 unspecified atom stereocenters. The Labute approximate surface area is 204 Å². The topological polar surface area (TPSA) is 71.4 Å². The summed E-state index contributed by atoms with van der Waals surface area (Å²) in [7, 11) is 0. The molecule has 0 atom stereocenters. The van der Waals surface area contributed by atoms with Crippen molar-refractivity contribution in [2.24, 2.45) is 4.99 Å². The number of benzene rings is 2. The fourth-order valence-electron chi connectivity index (χ4n) is 3.72. The number of nitrogens with zero attached hydrogens (tertiary/aromatic N) is 3. The number of para-hydroxylation sites is 1. The SMILES string of the molecule is CCCOc1ccccc1/C=C1/SC(=Nc2cccc(C(=O)N3CCOCC3)c2)N(CC)C1=O. The molecule has 0 saturated carbocycles. The molecule has 2 saturated heterocycles. The highest BCUT2D eigenvalue weighted by Crippen LogP contribution is 2.35. The second kappa shape index (κ2) is 11.4. The van der Waals surface area contributed by atoms with Gasteiger partial charge in [0.2, 0.25) is 0 Å². The third-order valence-electron chi connectivity index (χ3n) is 5.49. The number of amidine groups is 1. The number of hydrogen-bond donors (Lipinski definition) is 0. The van der Waals surface area contributed by atoms with Crippen LogP contribution in [0.2, 0.25) is 0 Å².